The van der Waals surface area contributed by atoms with E-state index >= 15 is 0 Å². The lowest BCUT2D eigenvalue weighted by Crippen LogP contribution is -2.29. The molecule has 0 aromatic carbocycles. The molecule has 0 aliphatic carbocycles. The highest BCUT2D eigenvalue weighted by molar-refractivity contribution is 6.04. The van der Waals surface area contributed by atoms with Gasteiger partial charge in [-0.25, -0.2) is 0 Å². The number of aliphatic imine (C=N–C) groups is 1. The number of hydrogen-bond acceptors (Lipinski definition) is 1. The zero-order chi connectivity index (χ0) is 9.84. The lowest BCUT2D eigenvalue weighted by Gasteiger charge is -2.21. The van der Waals surface area contributed by atoms with Crippen molar-refractivity contribution >= 4 is 5.84 Å². The third kappa shape index (κ3) is 1.89. The molecule has 70 valence electrons. The van der Waals surface area contributed by atoms with Crippen LogP contribution >= 0.6 is 0 Å². The molecule has 2 heteroatoms. The molecule has 0 bridgehead atoms. The molecule has 0 fully saturated rings. The van der Waals surface area contributed by atoms with E-state index in [1.54, 1.807) is 6.08 Å². The molecule has 0 saturated heterocycles. The molecular formula is C11H16N2. The molecule has 1 heterocycles. The quantitative estimate of drug-likeness (QED) is 0.630. The number of allylic oxidation sites excluding steroid dienone is 2. The van der Waals surface area contributed by atoms with Gasteiger partial charge in [0.05, 0.1) is 0 Å². The van der Waals surface area contributed by atoms with Crippen molar-refractivity contribution in [1.82, 2.24) is 4.90 Å². The number of nitrogens with zero attached hydrogens (tertiary/aromatic N) is 2. The lowest BCUT2D eigenvalue weighted by atomic mass is 10.2. The summed E-state index contributed by atoms with van der Waals surface area (Å²) in [5.74, 6) is 1.02. The SMILES string of the molecule is C=C/C=C1/C=CN(C(C)C)C1=NC. The van der Waals surface area contributed by atoms with Crippen molar-refractivity contribution in [3.8, 4) is 0 Å². The van der Waals surface area contributed by atoms with Gasteiger partial charge in [0.25, 0.3) is 0 Å². The largest absolute Gasteiger partial charge is 0.330 e. The van der Waals surface area contributed by atoms with Crippen molar-refractivity contribution in [1.29, 1.82) is 0 Å². The van der Waals surface area contributed by atoms with E-state index in [2.05, 4.69) is 42.6 Å². The third-order valence-corrected chi connectivity index (χ3v) is 1.98. The van der Waals surface area contributed by atoms with Crippen LogP contribution in [0.1, 0.15) is 13.8 Å². The molecule has 0 radical (unpaired) electrons. The van der Waals surface area contributed by atoms with Crippen molar-refractivity contribution in [3.63, 3.8) is 0 Å². The molecular weight excluding hydrogens is 160 g/mol. The van der Waals surface area contributed by atoms with E-state index < -0.39 is 0 Å². The summed E-state index contributed by atoms with van der Waals surface area (Å²) in [7, 11) is 1.81. The van der Waals surface area contributed by atoms with Gasteiger partial charge in [-0.1, -0.05) is 18.7 Å². The lowest BCUT2D eigenvalue weighted by molar-refractivity contribution is 0.466. The van der Waals surface area contributed by atoms with Crippen molar-refractivity contribution in [3.05, 3.63) is 36.6 Å². The third-order valence-electron chi connectivity index (χ3n) is 1.98. The molecule has 13 heavy (non-hydrogen) atoms. The minimum atomic E-state index is 0.450. The molecule has 0 amide bonds. The van der Waals surface area contributed by atoms with Crippen molar-refractivity contribution in [2.75, 3.05) is 7.05 Å². The van der Waals surface area contributed by atoms with Crippen molar-refractivity contribution in [2.45, 2.75) is 19.9 Å². The van der Waals surface area contributed by atoms with Crippen molar-refractivity contribution < 1.29 is 0 Å². The predicted octanol–water partition coefficient (Wildman–Crippen LogP) is 2.36. The first kappa shape index (κ1) is 9.78. The Labute approximate surface area is 80.0 Å². The van der Waals surface area contributed by atoms with Crippen LogP contribution in [0.4, 0.5) is 0 Å². The summed E-state index contributed by atoms with van der Waals surface area (Å²) in [6.45, 7) is 7.97. The first-order valence-corrected chi connectivity index (χ1v) is 4.47. The maximum absolute atomic E-state index is 4.25. The average Bonchev–Trinajstić information content (AvgIpc) is 2.48. The Balaban J connectivity index is 2.95. The van der Waals surface area contributed by atoms with Crippen LogP contribution in [0.25, 0.3) is 0 Å². The summed E-state index contributed by atoms with van der Waals surface area (Å²) >= 11 is 0. The number of rotatable bonds is 2. The van der Waals surface area contributed by atoms with Gasteiger partial charge in [-0.2, -0.15) is 0 Å². The number of hydrogen-bond donors (Lipinski definition) is 0. The minimum absolute atomic E-state index is 0.450. The maximum Gasteiger partial charge on any atom is 0.134 e. The minimum Gasteiger partial charge on any atom is -0.330 e. The molecule has 1 aliphatic heterocycles. The highest BCUT2D eigenvalue weighted by atomic mass is 15.2. The van der Waals surface area contributed by atoms with E-state index in [0.29, 0.717) is 6.04 Å². The second kappa shape index (κ2) is 4.08. The first-order valence-electron chi connectivity index (χ1n) is 4.47. The monoisotopic (exact) mass is 176 g/mol. The highest BCUT2D eigenvalue weighted by Gasteiger charge is 2.19. The first-order chi connectivity index (χ1) is 6.20. The second-order valence-electron chi connectivity index (χ2n) is 3.22. The summed E-state index contributed by atoms with van der Waals surface area (Å²) in [6.07, 6.45) is 7.88. The van der Waals surface area contributed by atoms with Gasteiger partial charge in [-0.3, -0.25) is 4.99 Å². The van der Waals surface area contributed by atoms with Gasteiger partial charge in [0.2, 0.25) is 0 Å². The van der Waals surface area contributed by atoms with E-state index in [1.165, 1.54) is 0 Å². The average molecular weight is 176 g/mol. The normalized spacial score (nSPS) is 22.3. The summed E-state index contributed by atoms with van der Waals surface area (Å²) in [5.41, 5.74) is 1.13. The molecule has 1 aliphatic rings. The van der Waals surface area contributed by atoms with E-state index in [4.69, 9.17) is 0 Å². The van der Waals surface area contributed by atoms with Crippen LogP contribution in [0, 0.1) is 0 Å². The molecule has 0 unspecified atom stereocenters. The van der Waals surface area contributed by atoms with E-state index in [1.807, 2.05) is 13.1 Å². The van der Waals surface area contributed by atoms with Gasteiger partial charge in [0, 0.05) is 24.9 Å². The predicted molar refractivity (Wildman–Crippen MR) is 57.8 cm³/mol. The van der Waals surface area contributed by atoms with Crippen LogP contribution in [-0.2, 0) is 0 Å². The van der Waals surface area contributed by atoms with Crippen LogP contribution < -0.4 is 0 Å². The molecule has 0 N–H and O–H groups in total. The molecule has 0 saturated carbocycles. The van der Waals surface area contributed by atoms with Crippen LogP contribution in [-0.4, -0.2) is 23.8 Å². The van der Waals surface area contributed by atoms with Crippen LogP contribution in [0.5, 0.6) is 0 Å². The molecule has 0 spiro atoms. The summed E-state index contributed by atoms with van der Waals surface area (Å²) in [5, 5.41) is 0. The standard InChI is InChI=1S/C11H16N2/c1-5-6-10-7-8-13(9(2)3)11(10)12-4/h5-9H,1H2,2-4H3/b10-6-,12-11?. The Morgan fingerprint density at radius 2 is 2.23 bits per heavy atom. The summed E-state index contributed by atoms with van der Waals surface area (Å²) in [6, 6.07) is 0.450. The molecule has 0 atom stereocenters. The fraction of sp³-hybridized carbons (Fsp3) is 0.364. The fourth-order valence-corrected chi connectivity index (χ4v) is 1.37. The van der Waals surface area contributed by atoms with E-state index in [9.17, 15) is 0 Å². The molecule has 0 aromatic rings. The Hall–Kier alpha value is -1.31. The highest BCUT2D eigenvalue weighted by Crippen LogP contribution is 2.17. The van der Waals surface area contributed by atoms with Crippen LogP contribution in [0.15, 0.2) is 41.6 Å². The van der Waals surface area contributed by atoms with E-state index in [0.717, 1.165) is 11.4 Å². The Kier molecular flexibility index (Phi) is 3.07. The maximum atomic E-state index is 4.25. The van der Waals surface area contributed by atoms with Gasteiger partial charge < -0.3 is 4.90 Å². The Morgan fingerprint density at radius 1 is 1.54 bits per heavy atom. The molecule has 2 nitrogen and oxygen atoms in total. The van der Waals surface area contributed by atoms with Gasteiger partial charge in [-0.05, 0) is 19.9 Å². The van der Waals surface area contributed by atoms with Crippen LogP contribution in [0.2, 0.25) is 0 Å². The summed E-state index contributed by atoms with van der Waals surface area (Å²) in [4.78, 5) is 6.40. The van der Waals surface area contributed by atoms with Gasteiger partial charge in [0.15, 0.2) is 0 Å². The Morgan fingerprint density at radius 3 is 2.69 bits per heavy atom. The second-order valence-corrected chi connectivity index (χ2v) is 3.22. The molecule has 0 aromatic heterocycles. The van der Waals surface area contributed by atoms with Gasteiger partial charge in [0.1, 0.15) is 5.84 Å². The van der Waals surface area contributed by atoms with Crippen LogP contribution in [0.3, 0.4) is 0 Å². The van der Waals surface area contributed by atoms with E-state index in [-0.39, 0.29) is 0 Å². The number of amidine groups is 1. The smallest absolute Gasteiger partial charge is 0.134 e. The zero-order valence-electron chi connectivity index (χ0n) is 8.49. The van der Waals surface area contributed by atoms with Crippen molar-refractivity contribution in [2.24, 2.45) is 4.99 Å². The topological polar surface area (TPSA) is 15.6 Å². The fourth-order valence-electron chi connectivity index (χ4n) is 1.37. The van der Waals surface area contributed by atoms with Gasteiger partial charge >= 0.3 is 0 Å². The Bertz CT molecular complexity index is 282. The zero-order valence-corrected chi connectivity index (χ0v) is 8.49. The van der Waals surface area contributed by atoms with Gasteiger partial charge in [-0.15, -0.1) is 0 Å². The summed E-state index contributed by atoms with van der Waals surface area (Å²) < 4.78 is 0. The molecule has 1 rings (SSSR count).